The first-order valence-corrected chi connectivity index (χ1v) is 9.67. The lowest BCUT2D eigenvalue weighted by atomic mass is 9.98. The van der Waals surface area contributed by atoms with Crippen molar-refractivity contribution in [1.82, 2.24) is 15.6 Å². The van der Waals surface area contributed by atoms with Crippen molar-refractivity contribution in [3.63, 3.8) is 0 Å². The molecule has 1 aromatic heterocycles. The SMILES string of the molecule is Cc1ccc([C@@H](NC(=O)CCC(=O)NC2CCCC2)c2ccncc2)cc1. The van der Waals surface area contributed by atoms with E-state index in [-0.39, 0.29) is 36.7 Å². The molecule has 0 unspecified atom stereocenters. The van der Waals surface area contributed by atoms with Crippen LogP contribution in [-0.4, -0.2) is 22.8 Å². The van der Waals surface area contributed by atoms with Gasteiger partial charge in [-0.25, -0.2) is 0 Å². The number of amides is 2. The highest BCUT2D eigenvalue weighted by Crippen LogP contribution is 2.22. The van der Waals surface area contributed by atoms with E-state index in [0.29, 0.717) is 0 Å². The van der Waals surface area contributed by atoms with Crippen molar-refractivity contribution in [3.05, 3.63) is 65.5 Å². The maximum atomic E-state index is 12.5. The molecule has 0 radical (unpaired) electrons. The Kier molecular flexibility index (Phi) is 6.58. The van der Waals surface area contributed by atoms with E-state index in [4.69, 9.17) is 0 Å². The highest BCUT2D eigenvalue weighted by atomic mass is 16.2. The number of carbonyl (C=O) groups is 2. The molecule has 0 bridgehead atoms. The Balaban J connectivity index is 1.60. The molecule has 0 spiro atoms. The molecule has 1 fully saturated rings. The van der Waals surface area contributed by atoms with Crippen molar-refractivity contribution < 1.29 is 9.59 Å². The van der Waals surface area contributed by atoms with Gasteiger partial charge in [0, 0.05) is 31.3 Å². The van der Waals surface area contributed by atoms with Crippen molar-refractivity contribution in [1.29, 1.82) is 0 Å². The van der Waals surface area contributed by atoms with Crippen LogP contribution in [0.4, 0.5) is 0 Å². The largest absolute Gasteiger partial charge is 0.353 e. The van der Waals surface area contributed by atoms with Gasteiger partial charge in [-0.2, -0.15) is 0 Å². The maximum absolute atomic E-state index is 12.5. The fourth-order valence-electron chi connectivity index (χ4n) is 3.50. The molecule has 1 aliphatic carbocycles. The predicted molar refractivity (Wildman–Crippen MR) is 105 cm³/mol. The molecule has 1 heterocycles. The van der Waals surface area contributed by atoms with Crippen molar-refractivity contribution in [2.24, 2.45) is 0 Å². The molecule has 0 aliphatic heterocycles. The van der Waals surface area contributed by atoms with Crippen LogP contribution in [0.3, 0.4) is 0 Å². The van der Waals surface area contributed by atoms with Gasteiger partial charge in [0.2, 0.25) is 11.8 Å². The fourth-order valence-corrected chi connectivity index (χ4v) is 3.50. The maximum Gasteiger partial charge on any atom is 0.221 e. The van der Waals surface area contributed by atoms with E-state index < -0.39 is 0 Å². The molecule has 3 rings (SSSR count). The zero-order valence-corrected chi connectivity index (χ0v) is 15.8. The van der Waals surface area contributed by atoms with Gasteiger partial charge < -0.3 is 10.6 Å². The van der Waals surface area contributed by atoms with Crippen LogP contribution < -0.4 is 10.6 Å². The zero-order valence-electron chi connectivity index (χ0n) is 15.8. The molecule has 1 saturated carbocycles. The predicted octanol–water partition coefficient (Wildman–Crippen LogP) is 3.43. The van der Waals surface area contributed by atoms with Crippen LogP contribution >= 0.6 is 0 Å². The van der Waals surface area contributed by atoms with Gasteiger partial charge in [-0.05, 0) is 43.0 Å². The average Bonchev–Trinajstić information content (AvgIpc) is 3.19. The molecule has 5 nitrogen and oxygen atoms in total. The van der Waals surface area contributed by atoms with Gasteiger partial charge in [-0.1, -0.05) is 42.7 Å². The first kappa shape index (κ1) is 19.1. The van der Waals surface area contributed by atoms with Crippen LogP contribution in [-0.2, 0) is 9.59 Å². The first-order valence-electron chi connectivity index (χ1n) is 9.67. The third-order valence-electron chi connectivity index (χ3n) is 5.05. The number of hydrogen-bond acceptors (Lipinski definition) is 3. The molecular formula is C22H27N3O2. The highest BCUT2D eigenvalue weighted by Gasteiger charge is 2.19. The molecule has 1 aliphatic rings. The Hall–Kier alpha value is -2.69. The third kappa shape index (κ3) is 5.64. The molecular weight excluding hydrogens is 338 g/mol. The summed E-state index contributed by atoms with van der Waals surface area (Å²) < 4.78 is 0. The van der Waals surface area contributed by atoms with E-state index in [1.165, 1.54) is 18.4 Å². The smallest absolute Gasteiger partial charge is 0.221 e. The first-order chi connectivity index (χ1) is 13.1. The van der Waals surface area contributed by atoms with Crippen molar-refractivity contribution in [2.45, 2.75) is 57.5 Å². The molecule has 1 aromatic carbocycles. The molecule has 2 amide bonds. The Morgan fingerprint density at radius 3 is 2.22 bits per heavy atom. The third-order valence-corrected chi connectivity index (χ3v) is 5.05. The molecule has 5 heteroatoms. The summed E-state index contributed by atoms with van der Waals surface area (Å²) in [4.78, 5) is 28.6. The second-order valence-corrected chi connectivity index (χ2v) is 7.24. The highest BCUT2D eigenvalue weighted by molar-refractivity contribution is 5.84. The topological polar surface area (TPSA) is 71.1 Å². The normalized spacial score (nSPS) is 15.3. The number of aromatic nitrogens is 1. The lowest BCUT2D eigenvalue weighted by Crippen LogP contribution is -2.34. The van der Waals surface area contributed by atoms with Crippen LogP contribution in [0.2, 0.25) is 0 Å². The van der Waals surface area contributed by atoms with E-state index in [9.17, 15) is 9.59 Å². The van der Waals surface area contributed by atoms with Crippen LogP contribution in [0.15, 0.2) is 48.8 Å². The lowest BCUT2D eigenvalue weighted by molar-refractivity contribution is -0.127. The van der Waals surface area contributed by atoms with E-state index in [1.54, 1.807) is 12.4 Å². The average molecular weight is 365 g/mol. The second kappa shape index (κ2) is 9.31. The van der Waals surface area contributed by atoms with Crippen LogP contribution in [0.25, 0.3) is 0 Å². The summed E-state index contributed by atoms with van der Waals surface area (Å²) in [5.41, 5.74) is 3.15. The van der Waals surface area contributed by atoms with Gasteiger partial charge in [0.1, 0.15) is 0 Å². The molecule has 0 saturated heterocycles. The number of aryl methyl sites for hydroxylation is 1. The van der Waals surface area contributed by atoms with Gasteiger partial charge in [-0.15, -0.1) is 0 Å². The second-order valence-electron chi connectivity index (χ2n) is 7.24. The van der Waals surface area contributed by atoms with Gasteiger partial charge >= 0.3 is 0 Å². The number of nitrogens with one attached hydrogen (secondary N) is 2. The summed E-state index contributed by atoms with van der Waals surface area (Å²) in [5, 5.41) is 6.10. The Bertz CT molecular complexity index is 753. The number of benzene rings is 1. The quantitative estimate of drug-likeness (QED) is 0.790. The Morgan fingerprint density at radius 1 is 0.963 bits per heavy atom. The van der Waals surface area contributed by atoms with Gasteiger partial charge in [-0.3, -0.25) is 14.6 Å². The Labute approximate surface area is 160 Å². The fraction of sp³-hybridized carbons (Fsp3) is 0.409. The molecule has 142 valence electrons. The lowest BCUT2D eigenvalue weighted by Gasteiger charge is -2.20. The van der Waals surface area contributed by atoms with Crippen molar-refractivity contribution in [2.75, 3.05) is 0 Å². The van der Waals surface area contributed by atoms with E-state index in [1.807, 2.05) is 43.3 Å². The van der Waals surface area contributed by atoms with E-state index in [0.717, 1.165) is 24.0 Å². The summed E-state index contributed by atoms with van der Waals surface area (Å²) in [7, 11) is 0. The van der Waals surface area contributed by atoms with E-state index in [2.05, 4.69) is 15.6 Å². The number of nitrogens with zero attached hydrogens (tertiary/aromatic N) is 1. The van der Waals surface area contributed by atoms with Gasteiger partial charge in [0.15, 0.2) is 0 Å². The minimum absolute atomic E-state index is 0.0344. The van der Waals surface area contributed by atoms with Gasteiger partial charge in [0.05, 0.1) is 6.04 Å². The van der Waals surface area contributed by atoms with Crippen molar-refractivity contribution >= 4 is 11.8 Å². The molecule has 27 heavy (non-hydrogen) atoms. The molecule has 1 atom stereocenters. The summed E-state index contributed by atoms with van der Waals surface area (Å²) in [6.45, 7) is 2.03. The summed E-state index contributed by atoms with van der Waals surface area (Å²) in [5.74, 6) is -0.160. The minimum Gasteiger partial charge on any atom is -0.353 e. The number of carbonyl (C=O) groups excluding carboxylic acids is 2. The number of pyridine rings is 1. The van der Waals surface area contributed by atoms with E-state index >= 15 is 0 Å². The summed E-state index contributed by atoms with van der Waals surface area (Å²) in [6.07, 6.45) is 8.30. The summed E-state index contributed by atoms with van der Waals surface area (Å²) in [6, 6.07) is 11.9. The minimum atomic E-state index is -0.251. The van der Waals surface area contributed by atoms with Crippen LogP contribution in [0, 0.1) is 6.92 Å². The monoisotopic (exact) mass is 365 g/mol. The van der Waals surface area contributed by atoms with Crippen LogP contribution in [0.1, 0.15) is 61.3 Å². The zero-order chi connectivity index (χ0) is 19.1. The Morgan fingerprint density at radius 2 is 1.56 bits per heavy atom. The number of rotatable bonds is 7. The van der Waals surface area contributed by atoms with Gasteiger partial charge in [0.25, 0.3) is 0 Å². The molecule has 2 aromatic rings. The van der Waals surface area contributed by atoms with Crippen LogP contribution in [0.5, 0.6) is 0 Å². The van der Waals surface area contributed by atoms with Crippen molar-refractivity contribution in [3.8, 4) is 0 Å². The number of hydrogen-bond donors (Lipinski definition) is 2. The summed E-state index contributed by atoms with van der Waals surface area (Å²) >= 11 is 0. The molecule has 2 N–H and O–H groups in total. The standard InChI is InChI=1S/C22H27N3O2/c1-16-6-8-17(9-7-16)22(18-12-14-23-15-13-18)25-21(27)11-10-20(26)24-19-4-2-3-5-19/h6-9,12-15,19,22H,2-5,10-11H2,1H3,(H,24,26)(H,25,27)/t22-/m1/s1.